The minimum atomic E-state index is 0.869. The molecule has 2 nitrogen and oxygen atoms in total. The van der Waals surface area contributed by atoms with Crippen LogP contribution < -0.4 is 10.3 Å². The second-order valence-electron chi connectivity index (χ2n) is 1.85. The van der Waals surface area contributed by atoms with Gasteiger partial charge in [0.2, 0.25) is 0 Å². The number of benzene rings is 1. The van der Waals surface area contributed by atoms with Crippen molar-refractivity contribution in [1.82, 2.24) is 0 Å². The fourth-order valence-corrected chi connectivity index (χ4v) is 1.09. The third kappa shape index (κ3) is 0.685. The van der Waals surface area contributed by atoms with Crippen LogP contribution in [0, 0.1) is 0 Å². The van der Waals surface area contributed by atoms with Gasteiger partial charge in [0, 0.05) is 10.5 Å². The second-order valence-corrected chi connectivity index (χ2v) is 2.70. The fraction of sp³-hybridized carbons (Fsp3) is 0. The molecule has 2 rings (SSSR count). The van der Waals surface area contributed by atoms with Crippen molar-refractivity contribution in [2.24, 2.45) is 0 Å². The minimum Gasteiger partial charge on any atom is -0.382 e. The molecule has 1 aromatic rings. The average molecular weight is 186 g/mol. The van der Waals surface area contributed by atoms with Crippen LogP contribution in [-0.4, -0.2) is 0 Å². The van der Waals surface area contributed by atoms with Crippen LogP contribution in [0.15, 0.2) is 22.7 Å². The van der Waals surface area contributed by atoms with E-state index in [-0.39, 0.29) is 0 Å². The highest BCUT2D eigenvalue weighted by Gasteiger charge is 2.08. The molecule has 46 valence electrons. The first-order chi connectivity index (χ1) is 4.36. The highest BCUT2D eigenvalue weighted by molar-refractivity contribution is 9.10. The lowest BCUT2D eigenvalue weighted by molar-refractivity contribution is 0.422. The van der Waals surface area contributed by atoms with Gasteiger partial charge in [-0.15, -0.1) is 0 Å². The molecule has 0 fully saturated rings. The second kappa shape index (κ2) is 1.64. The summed E-state index contributed by atoms with van der Waals surface area (Å²) < 4.78 is 1.03. The highest BCUT2D eigenvalue weighted by Crippen LogP contribution is 2.31. The van der Waals surface area contributed by atoms with E-state index in [0.29, 0.717) is 0 Å². The topological polar surface area (TPSA) is 21.3 Å². The van der Waals surface area contributed by atoms with E-state index in [4.69, 9.17) is 4.84 Å². The Kier molecular flexibility index (Phi) is 0.931. The SMILES string of the molecule is Brc1ccc2cc1NO2. The molecule has 0 aromatic heterocycles. The van der Waals surface area contributed by atoms with Crippen LogP contribution in [-0.2, 0) is 0 Å². The molecule has 1 N–H and O–H groups in total. The predicted octanol–water partition coefficient (Wildman–Crippen LogP) is 2.17. The van der Waals surface area contributed by atoms with Crippen LogP contribution >= 0.6 is 15.9 Å². The Morgan fingerprint density at radius 2 is 2.33 bits per heavy atom. The van der Waals surface area contributed by atoms with E-state index < -0.39 is 0 Å². The lowest BCUT2D eigenvalue weighted by Crippen LogP contribution is -1.95. The van der Waals surface area contributed by atoms with Crippen molar-refractivity contribution < 1.29 is 4.84 Å². The summed E-state index contributed by atoms with van der Waals surface area (Å²) in [7, 11) is 0. The zero-order chi connectivity index (χ0) is 6.27. The monoisotopic (exact) mass is 185 g/mol. The van der Waals surface area contributed by atoms with Gasteiger partial charge in [0.1, 0.15) is 0 Å². The Morgan fingerprint density at radius 3 is 3.11 bits per heavy atom. The molecule has 0 aliphatic carbocycles. The molecule has 0 radical (unpaired) electrons. The van der Waals surface area contributed by atoms with E-state index in [0.717, 1.165) is 15.9 Å². The molecule has 0 atom stereocenters. The summed E-state index contributed by atoms with van der Waals surface area (Å²) in [6.45, 7) is 0. The van der Waals surface area contributed by atoms with Gasteiger partial charge in [-0.2, -0.15) is 0 Å². The number of halogens is 1. The van der Waals surface area contributed by atoms with Crippen LogP contribution in [0.25, 0.3) is 0 Å². The summed E-state index contributed by atoms with van der Waals surface area (Å²) in [6, 6.07) is 5.78. The number of nitrogens with one attached hydrogen (secondary N) is 1. The standard InChI is InChI=1S/C6H4BrNO/c7-5-2-1-4-3-6(5)8-9-4/h1-3,8H. The Morgan fingerprint density at radius 1 is 1.44 bits per heavy atom. The number of hydrogen-bond donors (Lipinski definition) is 1. The predicted molar refractivity (Wildman–Crippen MR) is 38.4 cm³/mol. The maximum Gasteiger partial charge on any atom is 0.157 e. The van der Waals surface area contributed by atoms with Crippen molar-refractivity contribution in [3.8, 4) is 5.75 Å². The van der Waals surface area contributed by atoms with Gasteiger partial charge >= 0.3 is 0 Å². The number of hydrogen-bond acceptors (Lipinski definition) is 2. The maximum atomic E-state index is 4.98. The van der Waals surface area contributed by atoms with E-state index in [1.807, 2.05) is 18.2 Å². The molecule has 0 saturated carbocycles. The molecule has 2 bridgehead atoms. The zero-order valence-electron chi connectivity index (χ0n) is 4.52. The van der Waals surface area contributed by atoms with Gasteiger partial charge in [-0.25, -0.2) is 5.48 Å². The van der Waals surface area contributed by atoms with Crippen LogP contribution in [0.4, 0.5) is 5.69 Å². The Bertz CT molecular complexity index is 249. The maximum absolute atomic E-state index is 4.98. The molecule has 1 heterocycles. The Hall–Kier alpha value is -0.700. The van der Waals surface area contributed by atoms with E-state index in [1.54, 1.807) is 0 Å². The summed E-state index contributed by atoms with van der Waals surface area (Å²) in [5.41, 5.74) is 3.74. The molecule has 0 unspecified atom stereocenters. The zero-order valence-corrected chi connectivity index (χ0v) is 6.10. The molecule has 9 heavy (non-hydrogen) atoms. The van der Waals surface area contributed by atoms with Gasteiger partial charge < -0.3 is 4.84 Å². The Balaban J connectivity index is 2.65. The molecule has 1 aliphatic rings. The Labute approximate surface area is 60.9 Å². The van der Waals surface area contributed by atoms with Gasteiger partial charge in [-0.3, -0.25) is 0 Å². The third-order valence-electron chi connectivity index (χ3n) is 1.22. The van der Waals surface area contributed by atoms with Crippen LogP contribution in [0.1, 0.15) is 0 Å². The number of anilines is 1. The molecular weight excluding hydrogens is 182 g/mol. The molecule has 1 aromatic carbocycles. The summed E-state index contributed by atoms with van der Waals surface area (Å²) in [6.07, 6.45) is 0. The van der Waals surface area contributed by atoms with Gasteiger partial charge in [0.05, 0.1) is 5.69 Å². The van der Waals surface area contributed by atoms with E-state index >= 15 is 0 Å². The first-order valence-electron chi connectivity index (χ1n) is 2.59. The first-order valence-corrected chi connectivity index (χ1v) is 3.38. The molecule has 0 spiro atoms. The fourth-order valence-electron chi connectivity index (χ4n) is 0.760. The smallest absolute Gasteiger partial charge is 0.157 e. The minimum absolute atomic E-state index is 0.869. The summed E-state index contributed by atoms with van der Waals surface area (Å²) in [4.78, 5) is 4.98. The highest BCUT2D eigenvalue weighted by atomic mass is 79.9. The summed E-state index contributed by atoms with van der Waals surface area (Å²) in [5, 5.41) is 0. The van der Waals surface area contributed by atoms with Gasteiger partial charge in [-0.05, 0) is 28.1 Å². The van der Waals surface area contributed by atoms with Gasteiger partial charge in [0.15, 0.2) is 5.75 Å². The van der Waals surface area contributed by atoms with Crippen molar-refractivity contribution in [3.05, 3.63) is 22.7 Å². The largest absolute Gasteiger partial charge is 0.382 e. The first kappa shape index (κ1) is 5.11. The van der Waals surface area contributed by atoms with Gasteiger partial charge in [0.25, 0.3) is 0 Å². The lowest BCUT2D eigenvalue weighted by Gasteiger charge is -1.92. The van der Waals surface area contributed by atoms with E-state index in [9.17, 15) is 0 Å². The summed E-state index contributed by atoms with van der Waals surface area (Å²) in [5.74, 6) is 0.869. The molecule has 3 heteroatoms. The lowest BCUT2D eigenvalue weighted by atomic mass is 10.3. The van der Waals surface area contributed by atoms with Gasteiger partial charge in [-0.1, -0.05) is 0 Å². The molecule has 1 aliphatic heterocycles. The normalized spacial score (nSPS) is 12.6. The molecule has 0 amide bonds. The van der Waals surface area contributed by atoms with Crippen LogP contribution in [0.2, 0.25) is 0 Å². The number of fused-ring (bicyclic) bond motifs is 2. The van der Waals surface area contributed by atoms with Crippen LogP contribution in [0.5, 0.6) is 5.75 Å². The van der Waals surface area contributed by atoms with Crippen molar-refractivity contribution >= 4 is 21.6 Å². The van der Waals surface area contributed by atoms with Crippen molar-refractivity contribution in [2.45, 2.75) is 0 Å². The van der Waals surface area contributed by atoms with Crippen LogP contribution in [0.3, 0.4) is 0 Å². The quantitative estimate of drug-likeness (QED) is 0.670. The van der Waals surface area contributed by atoms with Crippen molar-refractivity contribution in [1.29, 1.82) is 0 Å². The average Bonchev–Trinajstić information content (AvgIpc) is 2.25. The molecular formula is C6H4BrNO. The van der Waals surface area contributed by atoms with Crippen molar-refractivity contribution in [2.75, 3.05) is 5.48 Å². The molecule has 0 saturated heterocycles. The number of rotatable bonds is 0. The summed E-state index contributed by atoms with van der Waals surface area (Å²) >= 11 is 3.35. The third-order valence-corrected chi connectivity index (χ3v) is 1.91. The van der Waals surface area contributed by atoms with Crippen molar-refractivity contribution in [3.63, 3.8) is 0 Å². The van der Waals surface area contributed by atoms with E-state index in [1.165, 1.54) is 0 Å². The van der Waals surface area contributed by atoms with E-state index in [2.05, 4.69) is 21.4 Å².